The summed E-state index contributed by atoms with van der Waals surface area (Å²) in [5.74, 6) is 1.19. The van der Waals surface area contributed by atoms with Crippen molar-refractivity contribution < 1.29 is 14.3 Å². The number of benzene rings is 3. The van der Waals surface area contributed by atoms with Gasteiger partial charge in [-0.2, -0.15) is 5.10 Å². The van der Waals surface area contributed by atoms with Gasteiger partial charge in [0.25, 0.3) is 5.91 Å². The summed E-state index contributed by atoms with van der Waals surface area (Å²) in [5.41, 5.74) is 6.17. The van der Waals surface area contributed by atoms with Crippen LogP contribution in [0.3, 0.4) is 0 Å². The molecule has 0 fully saturated rings. The highest BCUT2D eigenvalue weighted by molar-refractivity contribution is 5.95. The SMILES string of the molecule is CCN(CC)c1ccc(/C=N\NC(=O)c2ccc(OCc3cccc(OC)c3)cc2)cc1. The molecule has 3 aromatic rings. The average Bonchev–Trinajstić information content (AvgIpc) is 2.85. The number of anilines is 1. The molecule has 0 spiro atoms. The average molecular weight is 432 g/mol. The maximum Gasteiger partial charge on any atom is 0.271 e. The van der Waals surface area contributed by atoms with E-state index in [0.29, 0.717) is 17.9 Å². The number of nitrogens with zero attached hydrogens (tertiary/aromatic N) is 2. The van der Waals surface area contributed by atoms with Gasteiger partial charge in [-0.1, -0.05) is 24.3 Å². The van der Waals surface area contributed by atoms with Crippen LogP contribution in [0.25, 0.3) is 0 Å². The van der Waals surface area contributed by atoms with E-state index in [9.17, 15) is 4.79 Å². The topological polar surface area (TPSA) is 63.2 Å². The van der Waals surface area contributed by atoms with Crippen LogP contribution in [-0.2, 0) is 6.61 Å². The number of amides is 1. The van der Waals surface area contributed by atoms with Crippen LogP contribution in [0.5, 0.6) is 11.5 Å². The molecule has 0 bridgehead atoms. The van der Waals surface area contributed by atoms with Crippen molar-refractivity contribution in [2.24, 2.45) is 5.10 Å². The van der Waals surface area contributed by atoms with Gasteiger partial charge in [-0.15, -0.1) is 0 Å². The molecule has 32 heavy (non-hydrogen) atoms. The zero-order valence-corrected chi connectivity index (χ0v) is 18.7. The lowest BCUT2D eigenvalue weighted by Gasteiger charge is -2.20. The third kappa shape index (κ3) is 6.35. The second-order valence-corrected chi connectivity index (χ2v) is 7.13. The second-order valence-electron chi connectivity index (χ2n) is 7.13. The maximum atomic E-state index is 12.3. The quantitative estimate of drug-likeness (QED) is 0.367. The molecule has 0 saturated heterocycles. The number of rotatable bonds is 10. The lowest BCUT2D eigenvalue weighted by Crippen LogP contribution is -2.21. The predicted octanol–water partition coefficient (Wildman–Crippen LogP) is 4.88. The number of methoxy groups -OCH3 is 1. The van der Waals surface area contributed by atoms with Crippen molar-refractivity contribution in [1.29, 1.82) is 0 Å². The summed E-state index contributed by atoms with van der Waals surface area (Å²) in [4.78, 5) is 14.6. The smallest absolute Gasteiger partial charge is 0.271 e. The predicted molar refractivity (Wildman–Crippen MR) is 129 cm³/mol. The third-order valence-electron chi connectivity index (χ3n) is 5.06. The van der Waals surface area contributed by atoms with Gasteiger partial charge >= 0.3 is 0 Å². The van der Waals surface area contributed by atoms with Crippen LogP contribution in [0.1, 0.15) is 35.3 Å². The molecule has 0 aliphatic carbocycles. The van der Waals surface area contributed by atoms with E-state index in [1.54, 1.807) is 37.6 Å². The molecule has 0 atom stereocenters. The van der Waals surface area contributed by atoms with Gasteiger partial charge in [0.2, 0.25) is 0 Å². The summed E-state index contributed by atoms with van der Waals surface area (Å²) in [5, 5.41) is 4.07. The third-order valence-corrected chi connectivity index (χ3v) is 5.06. The molecule has 6 nitrogen and oxygen atoms in total. The summed E-state index contributed by atoms with van der Waals surface area (Å²) in [6, 6.07) is 22.8. The van der Waals surface area contributed by atoms with E-state index in [-0.39, 0.29) is 5.91 Å². The van der Waals surface area contributed by atoms with Gasteiger partial charge in [-0.3, -0.25) is 4.79 Å². The fraction of sp³-hybridized carbons (Fsp3) is 0.231. The Hall–Kier alpha value is -3.80. The van der Waals surface area contributed by atoms with E-state index >= 15 is 0 Å². The number of hydrogen-bond donors (Lipinski definition) is 1. The van der Waals surface area contributed by atoms with Crippen LogP contribution in [0.4, 0.5) is 5.69 Å². The number of ether oxygens (including phenoxy) is 2. The van der Waals surface area contributed by atoms with E-state index in [4.69, 9.17) is 9.47 Å². The summed E-state index contributed by atoms with van der Waals surface area (Å²) in [7, 11) is 1.64. The monoisotopic (exact) mass is 431 g/mol. The molecule has 6 heteroatoms. The fourth-order valence-corrected chi connectivity index (χ4v) is 3.22. The number of hydrazone groups is 1. The van der Waals surface area contributed by atoms with Crippen molar-refractivity contribution in [3.05, 3.63) is 89.5 Å². The summed E-state index contributed by atoms with van der Waals surface area (Å²) in [6.07, 6.45) is 1.63. The number of carbonyl (C=O) groups is 1. The zero-order chi connectivity index (χ0) is 22.8. The first-order valence-corrected chi connectivity index (χ1v) is 10.7. The summed E-state index contributed by atoms with van der Waals surface area (Å²) < 4.78 is 11.0. The molecule has 1 N–H and O–H groups in total. The van der Waals surface area contributed by atoms with Crippen LogP contribution >= 0.6 is 0 Å². The Balaban J connectivity index is 1.51. The first-order valence-electron chi connectivity index (χ1n) is 10.7. The molecular formula is C26H29N3O3. The normalized spacial score (nSPS) is 10.7. The van der Waals surface area contributed by atoms with E-state index in [0.717, 1.165) is 30.0 Å². The van der Waals surface area contributed by atoms with Gasteiger partial charge in [0.05, 0.1) is 13.3 Å². The highest BCUT2D eigenvalue weighted by Crippen LogP contribution is 2.17. The first kappa shape index (κ1) is 22.9. The molecule has 0 heterocycles. The van der Waals surface area contributed by atoms with Gasteiger partial charge in [-0.05, 0) is 73.5 Å². The minimum absolute atomic E-state index is 0.277. The van der Waals surface area contributed by atoms with Gasteiger partial charge in [0, 0.05) is 24.3 Å². The maximum absolute atomic E-state index is 12.3. The molecule has 0 aliphatic rings. The van der Waals surface area contributed by atoms with Crippen molar-refractivity contribution in [3.63, 3.8) is 0 Å². The number of carbonyl (C=O) groups excluding carboxylic acids is 1. The van der Waals surface area contributed by atoms with E-state index < -0.39 is 0 Å². The zero-order valence-electron chi connectivity index (χ0n) is 18.7. The standard InChI is InChI=1S/C26H29N3O3/c1-4-29(5-2)23-13-9-20(10-14-23)18-27-28-26(30)22-11-15-24(16-12-22)32-19-21-7-6-8-25(17-21)31-3/h6-18H,4-5,19H2,1-3H3,(H,28,30)/b27-18-. The van der Waals surface area contributed by atoms with Crippen LogP contribution in [-0.4, -0.2) is 32.3 Å². The lowest BCUT2D eigenvalue weighted by molar-refractivity contribution is 0.0955. The van der Waals surface area contributed by atoms with Gasteiger partial charge < -0.3 is 14.4 Å². The van der Waals surface area contributed by atoms with Crippen LogP contribution < -0.4 is 19.8 Å². The summed E-state index contributed by atoms with van der Waals surface area (Å²) in [6.45, 7) is 6.61. The van der Waals surface area contributed by atoms with Crippen molar-refractivity contribution in [2.75, 3.05) is 25.1 Å². The van der Waals surface area contributed by atoms with Crippen LogP contribution in [0.15, 0.2) is 77.9 Å². The van der Waals surface area contributed by atoms with Crippen LogP contribution in [0.2, 0.25) is 0 Å². The highest BCUT2D eigenvalue weighted by atomic mass is 16.5. The largest absolute Gasteiger partial charge is 0.497 e. The minimum atomic E-state index is -0.277. The van der Waals surface area contributed by atoms with Gasteiger partial charge in [-0.25, -0.2) is 5.43 Å². The lowest BCUT2D eigenvalue weighted by atomic mass is 10.2. The molecule has 0 unspecified atom stereocenters. The van der Waals surface area contributed by atoms with E-state index in [2.05, 4.69) is 41.4 Å². The molecule has 0 aromatic heterocycles. The Labute approximate surface area is 189 Å². The minimum Gasteiger partial charge on any atom is -0.497 e. The Morgan fingerprint density at radius 1 is 0.969 bits per heavy atom. The number of hydrogen-bond acceptors (Lipinski definition) is 5. The Morgan fingerprint density at radius 3 is 2.34 bits per heavy atom. The van der Waals surface area contributed by atoms with Crippen molar-refractivity contribution in [1.82, 2.24) is 5.43 Å². The Bertz CT molecular complexity index is 1030. The van der Waals surface area contributed by atoms with Crippen molar-refractivity contribution >= 4 is 17.8 Å². The molecule has 3 aromatic carbocycles. The van der Waals surface area contributed by atoms with Gasteiger partial charge in [0.1, 0.15) is 18.1 Å². The van der Waals surface area contributed by atoms with Crippen LogP contribution in [0, 0.1) is 0 Å². The number of nitrogens with one attached hydrogen (secondary N) is 1. The molecule has 0 saturated carbocycles. The van der Waals surface area contributed by atoms with Crippen molar-refractivity contribution in [3.8, 4) is 11.5 Å². The summed E-state index contributed by atoms with van der Waals surface area (Å²) >= 11 is 0. The Morgan fingerprint density at radius 2 is 1.69 bits per heavy atom. The molecule has 0 aliphatic heterocycles. The fourth-order valence-electron chi connectivity index (χ4n) is 3.22. The van der Waals surface area contributed by atoms with E-state index in [1.165, 1.54) is 5.69 Å². The Kier molecular flexibility index (Phi) is 8.26. The molecule has 166 valence electrons. The van der Waals surface area contributed by atoms with Gasteiger partial charge in [0.15, 0.2) is 0 Å². The van der Waals surface area contributed by atoms with E-state index in [1.807, 2.05) is 36.4 Å². The molecule has 0 radical (unpaired) electrons. The first-order chi connectivity index (χ1) is 15.6. The van der Waals surface area contributed by atoms with Crippen molar-refractivity contribution in [2.45, 2.75) is 20.5 Å². The second kappa shape index (κ2) is 11.6. The molecule has 3 rings (SSSR count). The molecular weight excluding hydrogens is 402 g/mol. The molecule has 1 amide bonds. The highest BCUT2D eigenvalue weighted by Gasteiger charge is 2.05.